The number of ketones is 1. The third-order valence-corrected chi connectivity index (χ3v) is 6.49. The lowest BCUT2D eigenvalue weighted by Gasteiger charge is -2.08. The van der Waals surface area contributed by atoms with Crippen molar-refractivity contribution in [2.75, 3.05) is 13.2 Å². The predicted octanol–water partition coefficient (Wildman–Crippen LogP) is 4.54. The van der Waals surface area contributed by atoms with E-state index in [1.165, 1.54) is 11.3 Å². The first-order valence-electron chi connectivity index (χ1n) is 9.64. The van der Waals surface area contributed by atoms with Crippen LogP contribution in [0.3, 0.4) is 0 Å². The predicted molar refractivity (Wildman–Crippen MR) is 119 cm³/mol. The molecule has 1 aromatic carbocycles. The second-order valence-electron chi connectivity index (χ2n) is 6.94. The molecule has 158 valence electrons. The van der Waals surface area contributed by atoms with Crippen LogP contribution in [0, 0.1) is 13.8 Å². The number of fused-ring (bicyclic) bond motifs is 1. The molecule has 0 aliphatic heterocycles. The van der Waals surface area contributed by atoms with Crippen LogP contribution in [0.4, 0.5) is 0 Å². The number of aryl methyl sites for hydroxylation is 1. The summed E-state index contributed by atoms with van der Waals surface area (Å²) in [7, 11) is 0. The van der Waals surface area contributed by atoms with Crippen molar-refractivity contribution in [3.05, 3.63) is 57.2 Å². The fourth-order valence-electron chi connectivity index (χ4n) is 3.32. The Kier molecular flexibility index (Phi) is 6.95. The molecule has 0 saturated heterocycles. The first kappa shape index (κ1) is 22.1. The van der Waals surface area contributed by atoms with Crippen molar-refractivity contribution in [3.8, 4) is 0 Å². The van der Waals surface area contributed by atoms with E-state index in [0.717, 1.165) is 34.4 Å². The van der Waals surface area contributed by atoms with E-state index in [4.69, 9.17) is 16.3 Å². The zero-order chi connectivity index (χ0) is 21.8. The third kappa shape index (κ3) is 4.57. The summed E-state index contributed by atoms with van der Waals surface area (Å²) < 4.78 is 8.02. The first-order chi connectivity index (χ1) is 14.3. The molecule has 0 fully saturated rings. The fourth-order valence-corrected chi connectivity index (χ4v) is 4.75. The summed E-state index contributed by atoms with van der Waals surface area (Å²) in [5.74, 6) is -1.40. The highest BCUT2D eigenvalue weighted by Gasteiger charge is 2.19. The van der Waals surface area contributed by atoms with E-state index in [1.807, 2.05) is 44.2 Å². The largest absolute Gasteiger partial charge is 0.456 e. The Bertz CT molecular complexity index is 1120. The van der Waals surface area contributed by atoms with Crippen LogP contribution < -0.4 is 5.32 Å². The molecule has 3 rings (SSSR count). The molecule has 8 heteroatoms. The lowest BCUT2D eigenvalue weighted by Crippen LogP contribution is -2.31. The van der Waals surface area contributed by atoms with Gasteiger partial charge in [0.15, 0.2) is 6.61 Å². The zero-order valence-corrected chi connectivity index (χ0v) is 18.7. The minimum Gasteiger partial charge on any atom is -0.456 e. The minimum absolute atomic E-state index is 0.266. The van der Waals surface area contributed by atoms with E-state index in [9.17, 15) is 14.4 Å². The van der Waals surface area contributed by atoms with Crippen molar-refractivity contribution in [3.63, 3.8) is 0 Å². The van der Waals surface area contributed by atoms with Gasteiger partial charge in [-0.25, -0.2) is 0 Å². The Labute approximate surface area is 183 Å². The van der Waals surface area contributed by atoms with Crippen molar-refractivity contribution >= 4 is 50.7 Å². The van der Waals surface area contributed by atoms with Gasteiger partial charge >= 0.3 is 5.97 Å². The van der Waals surface area contributed by atoms with Gasteiger partial charge in [-0.05, 0) is 32.4 Å². The Hall–Kier alpha value is -2.64. The number of halogens is 1. The highest BCUT2D eigenvalue weighted by atomic mass is 35.5. The number of Topliss-reactive ketones (excluding diaryl/α,β-unsaturated/α-hetero) is 1. The second-order valence-corrected chi connectivity index (χ2v) is 8.37. The van der Waals surface area contributed by atoms with E-state index in [-0.39, 0.29) is 18.9 Å². The number of aromatic nitrogens is 1. The molecule has 0 aliphatic rings. The van der Waals surface area contributed by atoms with Gasteiger partial charge in [-0.15, -0.1) is 11.3 Å². The number of thiophene rings is 1. The van der Waals surface area contributed by atoms with Gasteiger partial charge in [-0.2, -0.15) is 0 Å². The molecule has 1 N–H and O–H groups in total. The smallest absolute Gasteiger partial charge is 0.325 e. The number of ether oxygens (including phenoxy) is 1. The van der Waals surface area contributed by atoms with Gasteiger partial charge in [0.25, 0.3) is 5.91 Å². The van der Waals surface area contributed by atoms with Crippen LogP contribution in [0.15, 0.2) is 30.3 Å². The van der Waals surface area contributed by atoms with Gasteiger partial charge in [-0.3, -0.25) is 14.4 Å². The van der Waals surface area contributed by atoms with Gasteiger partial charge in [0, 0.05) is 33.6 Å². The topological polar surface area (TPSA) is 77.4 Å². The summed E-state index contributed by atoms with van der Waals surface area (Å²) in [6, 6.07) is 9.23. The van der Waals surface area contributed by atoms with Crippen LogP contribution in [0.5, 0.6) is 0 Å². The van der Waals surface area contributed by atoms with Gasteiger partial charge in [0.05, 0.1) is 5.02 Å². The van der Waals surface area contributed by atoms with E-state index in [0.29, 0.717) is 15.5 Å². The van der Waals surface area contributed by atoms with Crippen molar-refractivity contribution in [1.29, 1.82) is 0 Å². The molecular weight excluding hydrogens is 424 g/mol. The summed E-state index contributed by atoms with van der Waals surface area (Å²) in [5, 5.41) is 3.66. The molecule has 3 aromatic rings. The molecule has 2 heterocycles. The standard InChI is InChI=1S/C22H23ClN2O4S/c1-4-9-25-13(2)10-16(14(25)3)17(26)12-29-19(27)11-24-22(28)21-20(23)15-7-5-6-8-18(15)30-21/h5-8,10H,4,9,11-12H2,1-3H3,(H,24,28). The summed E-state index contributed by atoms with van der Waals surface area (Å²) >= 11 is 7.53. The maximum Gasteiger partial charge on any atom is 0.325 e. The molecule has 30 heavy (non-hydrogen) atoms. The molecule has 0 radical (unpaired) electrons. The van der Waals surface area contributed by atoms with Crippen LogP contribution >= 0.6 is 22.9 Å². The monoisotopic (exact) mass is 446 g/mol. The number of nitrogens with one attached hydrogen (secondary N) is 1. The number of hydrogen-bond acceptors (Lipinski definition) is 5. The van der Waals surface area contributed by atoms with Crippen LogP contribution in [-0.2, 0) is 16.1 Å². The van der Waals surface area contributed by atoms with E-state index in [2.05, 4.69) is 16.8 Å². The molecule has 0 atom stereocenters. The molecule has 2 aromatic heterocycles. The maximum absolute atomic E-state index is 12.4. The normalized spacial score (nSPS) is 10.9. The molecule has 0 bridgehead atoms. The maximum atomic E-state index is 12.4. The number of amides is 1. The zero-order valence-electron chi connectivity index (χ0n) is 17.1. The summed E-state index contributed by atoms with van der Waals surface area (Å²) in [5.41, 5.74) is 2.41. The van der Waals surface area contributed by atoms with Crippen molar-refractivity contribution in [1.82, 2.24) is 9.88 Å². The minimum atomic E-state index is -0.684. The molecule has 1 amide bonds. The molecule has 0 unspecified atom stereocenters. The number of nitrogens with zero attached hydrogens (tertiary/aromatic N) is 1. The molecule has 6 nitrogen and oxygen atoms in total. The molecule has 0 aliphatic carbocycles. The lowest BCUT2D eigenvalue weighted by molar-refractivity contribution is -0.141. The lowest BCUT2D eigenvalue weighted by atomic mass is 10.1. The summed E-state index contributed by atoms with van der Waals surface area (Å²) in [6.07, 6.45) is 0.961. The number of rotatable bonds is 8. The van der Waals surface area contributed by atoms with Gasteiger partial charge in [-0.1, -0.05) is 36.7 Å². The Morgan fingerprint density at radius 1 is 1.20 bits per heavy atom. The number of carbonyl (C=O) groups excluding carboxylic acids is 3. The number of benzene rings is 1. The van der Waals surface area contributed by atoms with Crippen molar-refractivity contribution in [2.45, 2.75) is 33.7 Å². The van der Waals surface area contributed by atoms with Crippen LogP contribution in [0.25, 0.3) is 10.1 Å². The van der Waals surface area contributed by atoms with Crippen molar-refractivity contribution < 1.29 is 19.1 Å². The summed E-state index contributed by atoms with van der Waals surface area (Å²) in [6.45, 7) is 6.02. The highest BCUT2D eigenvalue weighted by molar-refractivity contribution is 7.21. The van der Waals surface area contributed by atoms with Gasteiger partial charge in [0.1, 0.15) is 11.4 Å². The SMILES string of the molecule is CCCn1c(C)cc(C(=O)COC(=O)CNC(=O)c2sc3ccccc3c2Cl)c1C. The molecular formula is C22H23ClN2O4S. The van der Waals surface area contributed by atoms with Crippen LogP contribution in [0.1, 0.15) is 44.8 Å². The average Bonchev–Trinajstić information content (AvgIpc) is 3.22. The number of hydrogen-bond donors (Lipinski definition) is 1. The first-order valence-corrected chi connectivity index (χ1v) is 10.8. The Morgan fingerprint density at radius 2 is 1.93 bits per heavy atom. The van der Waals surface area contributed by atoms with E-state index >= 15 is 0 Å². The second kappa shape index (κ2) is 9.45. The van der Waals surface area contributed by atoms with Gasteiger partial charge in [0.2, 0.25) is 5.78 Å². The van der Waals surface area contributed by atoms with Crippen LogP contribution in [0.2, 0.25) is 5.02 Å². The molecule has 0 spiro atoms. The summed E-state index contributed by atoms with van der Waals surface area (Å²) in [4.78, 5) is 37.2. The quantitative estimate of drug-likeness (QED) is 0.407. The fraction of sp³-hybridized carbons (Fsp3) is 0.318. The Balaban J connectivity index is 1.54. The highest BCUT2D eigenvalue weighted by Crippen LogP contribution is 2.34. The van der Waals surface area contributed by atoms with E-state index < -0.39 is 11.9 Å². The van der Waals surface area contributed by atoms with Gasteiger partial charge < -0.3 is 14.6 Å². The molecule has 0 saturated carbocycles. The van der Waals surface area contributed by atoms with Crippen LogP contribution in [-0.4, -0.2) is 35.4 Å². The van der Waals surface area contributed by atoms with E-state index in [1.54, 1.807) is 0 Å². The van der Waals surface area contributed by atoms with Crippen molar-refractivity contribution in [2.24, 2.45) is 0 Å². The average molecular weight is 447 g/mol. The third-order valence-electron chi connectivity index (χ3n) is 4.82. The number of esters is 1. The Morgan fingerprint density at radius 3 is 2.63 bits per heavy atom. The number of carbonyl (C=O) groups is 3.